The lowest BCUT2D eigenvalue weighted by molar-refractivity contribution is -0.117. The maximum atomic E-state index is 12.4. The van der Waals surface area contributed by atoms with Gasteiger partial charge in [0.25, 0.3) is 5.91 Å². The molecule has 144 valence electrons. The third-order valence-corrected chi connectivity index (χ3v) is 5.90. The van der Waals surface area contributed by atoms with Crippen LogP contribution in [0.15, 0.2) is 59.3 Å². The summed E-state index contributed by atoms with van der Waals surface area (Å²) in [6, 6.07) is 12.7. The van der Waals surface area contributed by atoms with Crippen LogP contribution in [0.3, 0.4) is 0 Å². The minimum Gasteiger partial charge on any atom is -0.504 e. The van der Waals surface area contributed by atoms with Gasteiger partial charge in [-0.15, -0.1) is 5.73 Å². The Morgan fingerprint density at radius 1 is 1.07 bits per heavy atom. The molecule has 0 heterocycles. The molecular weight excluding hydrogens is 374 g/mol. The Kier molecular flexibility index (Phi) is 5.17. The number of phenols is 2. The van der Waals surface area contributed by atoms with Crippen LogP contribution in [0.5, 0.6) is 11.5 Å². The number of benzene rings is 2. The number of fused-ring (bicyclic) bond motifs is 1. The zero-order valence-electron chi connectivity index (χ0n) is 15.4. The van der Waals surface area contributed by atoms with Crippen LogP contribution >= 0.6 is 11.6 Å². The molecule has 2 atom stereocenters. The summed E-state index contributed by atoms with van der Waals surface area (Å²) in [6.45, 7) is 0.474. The van der Waals surface area contributed by atoms with Gasteiger partial charge in [0.2, 0.25) is 0 Å². The van der Waals surface area contributed by atoms with Crippen LogP contribution in [0.4, 0.5) is 0 Å². The molecule has 1 fully saturated rings. The van der Waals surface area contributed by atoms with E-state index in [1.165, 1.54) is 23.3 Å². The summed E-state index contributed by atoms with van der Waals surface area (Å²) in [5.41, 5.74) is 7.51. The highest BCUT2D eigenvalue weighted by Gasteiger charge is 2.35. The maximum Gasteiger partial charge on any atom is 0.255 e. The van der Waals surface area contributed by atoms with Crippen molar-refractivity contribution in [3.8, 4) is 11.5 Å². The molecule has 0 radical (unpaired) electrons. The first-order chi connectivity index (χ1) is 13.5. The quantitative estimate of drug-likeness (QED) is 0.517. The van der Waals surface area contributed by atoms with Crippen molar-refractivity contribution >= 4 is 17.5 Å². The van der Waals surface area contributed by atoms with Crippen molar-refractivity contribution in [2.45, 2.75) is 31.6 Å². The zero-order chi connectivity index (χ0) is 19.7. The highest BCUT2D eigenvalue weighted by atomic mass is 35.5. The Bertz CT molecular complexity index is 974. The molecule has 1 amide bonds. The minimum absolute atomic E-state index is 0.0621. The molecule has 28 heavy (non-hydrogen) atoms. The van der Waals surface area contributed by atoms with Crippen LogP contribution in [0.2, 0.25) is 5.02 Å². The van der Waals surface area contributed by atoms with Crippen molar-refractivity contribution in [3.05, 3.63) is 75.5 Å². The smallest absolute Gasteiger partial charge is 0.255 e. The van der Waals surface area contributed by atoms with Crippen LogP contribution in [0, 0.1) is 5.92 Å². The fraction of sp³-hybridized carbons (Fsp3) is 0.304. The minimum atomic E-state index is -0.143. The molecular formula is C23H22ClNO3. The van der Waals surface area contributed by atoms with Crippen molar-refractivity contribution in [1.29, 1.82) is 0 Å². The summed E-state index contributed by atoms with van der Waals surface area (Å²) in [7, 11) is 0. The Balaban J connectivity index is 1.34. The predicted molar refractivity (Wildman–Crippen MR) is 109 cm³/mol. The average Bonchev–Trinajstić information content (AvgIpc) is 3.24. The van der Waals surface area contributed by atoms with Gasteiger partial charge in [-0.3, -0.25) is 4.79 Å². The van der Waals surface area contributed by atoms with Crippen LogP contribution in [-0.2, 0) is 11.2 Å². The average molecular weight is 396 g/mol. The standard InChI is InChI=1S/C23H22ClNO3/c24-20-4-2-15(3-5-20)16-10-17-12-19(13-18(17)11-16)23(28)25-8-7-14-1-6-21(26)22(27)9-14/h1-6,9,16-17,26-27H,7-8,10-12H2,(H,25,28). The van der Waals surface area contributed by atoms with Crippen molar-refractivity contribution in [3.63, 3.8) is 0 Å². The van der Waals surface area contributed by atoms with E-state index in [1.54, 1.807) is 6.07 Å². The van der Waals surface area contributed by atoms with Crippen LogP contribution in [0.25, 0.3) is 0 Å². The van der Waals surface area contributed by atoms with Crippen molar-refractivity contribution in [2.24, 2.45) is 5.92 Å². The number of hydrogen-bond acceptors (Lipinski definition) is 3. The molecule has 5 heteroatoms. The number of carbonyl (C=O) groups is 1. The topological polar surface area (TPSA) is 69.6 Å². The fourth-order valence-corrected chi connectivity index (χ4v) is 4.27. The number of nitrogens with one attached hydrogen (secondary N) is 1. The van der Waals surface area contributed by atoms with E-state index >= 15 is 0 Å². The van der Waals surface area contributed by atoms with Crippen molar-refractivity contribution in [2.75, 3.05) is 6.54 Å². The van der Waals surface area contributed by atoms with E-state index < -0.39 is 0 Å². The van der Waals surface area contributed by atoms with E-state index in [0.717, 1.165) is 35.4 Å². The molecule has 4 rings (SSSR count). The number of halogens is 1. The Morgan fingerprint density at radius 3 is 2.57 bits per heavy atom. The summed E-state index contributed by atoms with van der Waals surface area (Å²) in [5, 5.41) is 22.6. The van der Waals surface area contributed by atoms with Gasteiger partial charge in [-0.05, 0) is 78.5 Å². The molecule has 0 saturated heterocycles. The van der Waals surface area contributed by atoms with E-state index in [4.69, 9.17) is 11.6 Å². The van der Waals surface area contributed by atoms with Crippen molar-refractivity contribution in [1.82, 2.24) is 5.32 Å². The van der Waals surface area contributed by atoms with E-state index in [1.807, 2.05) is 12.1 Å². The lowest BCUT2D eigenvalue weighted by atomic mass is 9.94. The highest BCUT2D eigenvalue weighted by Crippen LogP contribution is 2.47. The number of phenolic OH excluding ortho intramolecular Hbond substituents is 2. The zero-order valence-corrected chi connectivity index (χ0v) is 16.2. The molecule has 4 nitrogen and oxygen atoms in total. The van der Waals surface area contributed by atoms with Crippen LogP contribution < -0.4 is 5.32 Å². The van der Waals surface area contributed by atoms with Gasteiger partial charge in [-0.25, -0.2) is 0 Å². The highest BCUT2D eigenvalue weighted by molar-refractivity contribution is 6.30. The van der Waals surface area contributed by atoms with E-state index in [2.05, 4.69) is 23.2 Å². The molecule has 2 aromatic carbocycles. The maximum absolute atomic E-state index is 12.4. The Hall–Kier alpha value is -2.68. The molecule has 2 aliphatic rings. The van der Waals surface area contributed by atoms with Gasteiger partial charge in [0, 0.05) is 11.6 Å². The largest absolute Gasteiger partial charge is 0.504 e. The van der Waals surface area contributed by atoms with Gasteiger partial charge in [-0.1, -0.05) is 29.8 Å². The van der Waals surface area contributed by atoms with Crippen molar-refractivity contribution < 1.29 is 15.0 Å². The van der Waals surface area contributed by atoms with Crippen LogP contribution in [-0.4, -0.2) is 22.7 Å². The van der Waals surface area contributed by atoms with Gasteiger partial charge >= 0.3 is 0 Å². The molecule has 2 unspecified atom stereocenters. The Morgan fingerprint density at radius 2 is 1.86 bits per heavy atom. The first-order valence-corrected chi connectivity index (χ1v) is 9.90. The first-order valence-electron chi connectivity index (χ1n) is 9.52. The molecule has 2 aliphatic carbocycles. The van der Waals surface area contributed by atoms with Crippen LogP contribution in [0.1, 0.15) is 36.3 Å². The van der Waals surface area contributed by atoms with E-state index in [9.17, 15) is 15.0 Å². The summed E-state index contributed by atoms with van der Waals surface area (Å²) in [4.78, 5) is 12.4. The van der Waals surface area contributed by atoms with Gasteiger partial charge in [0.15, 0.2) is 11.5 Å². The molecule has 0 bridgehead atoms. The summed E-state index contributed by atoms with van der Waals surface area (Å²) >= 11 is 5.97. The Labute approximate surface area is 169 Å². The number of rotatable bonds is 5. The summed E-state index contributed by atoms with van der Waals surface area (Å²) < 4.78 is 0. The molecule has 0 aliphatic heterocycles. The summed E-state index contributed by atoms with van der Waals surface area (Å²) in [6.07, 6.45) is 3.35. The second kappa shape index (κ2) is 7.75. The lowest BCUT2D eigenvalue weighted by Crippen LogP contribution is -2.27. The van der Waals surface area contributed by atoms with Gasteiger partial charge in [-0.2, -0.15) is 0 Å². The molecule has 0 aromatic heterocycles. The third-order valence-electron chi connectivity index (χ3n) is 5.64. The van der Waals surface area contributed by atoms with Gasteiger partial charge < -0.3 is 15.5 Å². The van der Waals surface area contributed by atoms with Gasteiger partial charge in [0.05, 0.1) is 5.57 Å². The summed E-state index contributed by atoms with van der Waals surface area (Å²) in [5.74, 6) is 0.550. The second-order valence-electron chi connectivity index (χ2n) is 7.55. The van der Waals surface area contributed by atoms with E-state index in [0.29, 0.717) is 24.8 Å². The normalized spacial score (nSPS) is 20.5. The predicted octanol–water partition coefficient (Wildman–Crippen LogP) is 4.46. The number of aromatic hydroxyl groups is 2. The first kappa shape index (κ1) is 18.7. The molecule has 3 N–H and O–H groups in total. The second-order valence-corrected chi connectivity index (χ2v) is 7.98. The molecule has 1 saturated carbocycles. The monoisotopic (exact) mass is 395 g/mol. The fourth-order valence-electron chi connectivity index (χ4n) is 4.14. The third kappa shape index (κ3) is 3.94. The number of carbonyl (C=O) groups excluding carboxylic acids is 1. The SMILES string of the molecule is O=C(NCCc1ccc(O)c(O)c1)C1=C=C2CC(c3ccc(Cl)cc3)CC2C1. The van der Waals surface area contributed by atoms with E-state index in [-0.39, 0.29) is 17.4 Å². The van der Waals surface area contributed by atoms with Gasteiger partial charge in [0.1, 0.15) is 0 Å². The molecule has 0 spiro atoms. The number of hydrogen-bond donors (Lipinski definition) is 3. The lowest BCUT2D eigenvalue weighted by Gasteiger charge is -2.11. The number of amides is 1. The molecule has 2 aromatic rings.